The van der Waals surface area contributed by atoms with E-state index in [2.05, 4.69) is 5.32 Å². The Kier molecular flexibility index (Phi) is 7.98. The molecule has 35 heavy (non-hydrogen) atoms. The average molecular weight is 489 g/mol. The van der Waals surface area contributed by atoms with E-state index < -0.39 is 24.2 Å². The van der Waals surface area contributed by atoms with Gasteiger partial charge in [-0.15, -0.1) is 0 Å². The number of ether oxygens (including phenoxy) is 2. The first-order valence-corrected chi connectivity index (χ1v) is 12.5. The van der Waals surface area contributed by atoms with Crippen molar-refractivity contribution in [3.05, 3.63) is 34.9 Å². The van der Waals surface area contributed by atoms with Gasteiger partial charge in [0.05, 0.1) is 32.3 Å². The summed E-state index contributed by atoms with van der Waals surface area (Å²) in [6, 6.07) is 2.70. The quantitative estimate of drug-likeness (QED) is 0.435. The van der Waals surface area contributed by atoms with E-state index in [4.69, 9.17) is 9.47 Å². The van der Waals surface area contributed by atoms with Crippen LogP contribution in [-0.2, 0) is 16.2 Å². The van der Waals surface area contributed by atoms with Crippen molar-refractivity contribution in [2.75, 3.05) is 20.3 Å². The van der Waals surface area contributed by atoms with Crippen molar-refractivity contribution in [1.29, 1.82) is 0 Å². The van der Waals surface area contributed by atoms with Gasteiger partial charge in [0.15, 0.2) is 11.5 Å². The first-order chi connectivity index (χ1) is 16.9. The topological polar surface area (TPSA) is 129 Å². The number of nitrogens with zero attached hydrogens (tertiary/aromatic N) is 1. The highest BCUT2D eigenvalue weighted by molar-refractivity contribution is 5.96. The Morgan fingerprint density at radius 3 is 2.57 bits per heavy atom. The molecule has 9 heteroatoms. The number of amides is 2. The number of methoxy groups -OCH3 is 1. The van der Waals surface area contributed by atoms with Crippen LogP contribution in [0, 0.1) is 0 Å². The molecular formula is C26H36N2O7. The summed E-state index contributed by atoms with van der Waals surface area (Å²) in [6.07, 6.45) is 5.00. The molecular weight excluding hydrogens is 452 g/mol. The molecule has 4 atom stereocenters. The predicted octanol–water partition coefficient (Wildman–Crippen LogP) is 1.38. The van der Waals surface area contributed by atoms with Gasteiger partial charge in [0.2, 0.25) is 11.8 Å². The summed E-state index contributed by atoms with van der Waals surface area (Å²) >= 11 is 0. The second kappa shape index (κ2) is 11.0. The summed E-state index contributed by atoms with van der Waals surface area (Å²) in [7, 11) is 1.50. The SMILES string of the molecule is CCC(=O)N(C1CCCCC1)C1C=C(C(=O)NCCO)C2c3cc(CO)cc(OC)c3OC2C1O. The predicted molar refractivity (Wildman–Crippen MR) is 128 cm³/mol. The minimum absolute atomic E-state index is 0.00953. The number of aliphatic hydroxyl groups excluding tert-OH is 3. The van der Waals surface area contributed by atoms with Gasteiger partial charge >= 0.3 is 0 Å². The number of carbonyl (C=O) groups excluding carboxylic acids is 2. The van der Waals surface area contributed by atoms with E-state index in [1.54, 1.807) is 30.0 Å². The van der Waals surface area contributed by atoms with E-state index in [1.165, 1.54) is 7.11 Å². The highest BCUT2D eigenvalue weighted by Crippen LogP contribution is 2.51. The number of fused-ring (bicyclic) bond motifs is 3. The van der Waals surface area contributed by atoms with Crippen molar-refractivity contribution in [3.63, 3.8) is 0 Å². The Morgan fingerprint density at radius 1 is 1.20 bits per heavy atom. The first-order valence-electron chi connectivity index (χ1n) is 12.5. The van der Waals surface area contributed by atoms with Crippen molar-refractivity contribution in [2.24, 2.45) is 0 Å². The lowest BCUT2D eigenvalue weighted by atomic mass is 9.76. The van der Waals surface area contributed by atoms with Gasteiger partial charge in [-0.05, 0) is 36.6 Å². The Morgan fingerprint density at radius 2 is 1.94 bits per heavy atom. The van der Waals surface area contributed by atoms with Gasteiger partial charge < -0.3 is 35.0 Å². The number of aliphatic hydroxyl groups is 3. The summed E-state index contributed by atoms with van der Waals surface area (Å²) in [6.45, 7) is 1.45. The Bertz CT molecular complexity index is 973. The number of rotatable bonds is 8. The summed E-state index contributed by atoms with van der Waals surface area (Å²) in [5.74, 6) is -0.232. The lowest BCUT2D eigenvalue weighted by molar-refractivity contribution is -0.141. The molecule has 3 aliphatic rings. The van der Waals surface area contributed by atoms with Gasteiger partial charge in [0.1, 0.15) is 12.2 Å². The summed E-state index contributed by atoms with van der Waals surface area (Å²) < 4.78 is 11.7. The van der Waals surface area contributed by atoms with Crippen LogP contribution in [-0.4, -0.2) is 76.6 Å². The van der Waals surface area contributed by atoms with Gasteiger partial charge in [-0.25, -0.2) is 0 Å². The van der Waals surface area contributed by atoms with E-state index >= 15 is 0 Å². The minimum atomic E-state index is -1.07. The lowest BCUT2D eigenvalue weighted by Crippen LogP contribution is -2.58. The van der Waals surface area contributed by atoms with Crippen LogP contribution in [0.25, 0.3) is 0 Å². The van der Waals surface area contributed by atoms with Crippen molar-refractivity contribution in [2.45, 2.75) is 82.3 Å². The Labute approximate surface area is 205 Å². The molecule has 0 radical (unpaired) electrons. The number of carbonyl (C=O) groups is 2. The zero-order valence-corrected chi connectivity index (χ0v) is 20.4. The zero-order chi connectivity index (χ0) is 25.1. The molecule has 9 nitrogen and oxygen atoms in total. The Balaban J connectivity index is 1.81. The maximum absolute atomic E-state index is 13.3. The van der Waals surface area contributed by atoms with Crippen LogP contribution in [0.3, 0.4) is 0 Å². The Hall–Kier alpha value is -2.62. The van der Waals surface area contributed by atoms with Crippen molar-refractivity contribution in [3.8, 4) is 11.5 Å². The maximum atomic E-state index is 13.3. The van der Waals surface area contributed by atoms with Crippen LogP contribution < -0.4 is 14.8 Å². The molecule has 0 aromatic heterocycles. The second-order valence-electron chi connectivity index (χ2n) is 9.46. The largest absolute Gasteiger partial charge is 0.493 e. The van der Waals surface area contributed by atoms with Gasteiger partial charge in [-0.3, -0.25) is 9.59 Å². The summed E-state index contributed by atoms with van der Waals surface area (Å²) in [4.78, 5) is 28.2. The number of nitrogens with one attached hydrogen (secondary N) is 1. The lowest BCUT2D eigenvalue weighted by Gasteiger charge is -2.45. The van der Waals surface area contributed by atoms with Gasteiger partial charge in [-0.1, -0.05) is 26.2 Å². The van der Waals surface area contributed by atoms with Gasteiger partial charge in [0.25, 0.3) is 0 Å². The van der Waals surface area contributed by atoms with Gasteiger partial charge in [0, 0.05) is 30.1 Å². The number of hydrogen-bond acceptors (Lipinski definition) is 7. The molecule has 1 aliphatic heterocycles. The molecule has 4 unspecified atom stereocenters. The molecule has 1 aromatic carbocycles. The third-order valence-corrected chi connectivity index (χ3v) is 7.37. The van der Waals surface area contributed by atoms with E-state index in [0.29, 0.717) is 34.6 Å². The molecule has 192 valence electrons. The second-order valence-corrected chi connectivity index (χ2v) is 9.46. The monoisotopic (exact) mass is 488 g/mol. The fourth-order valence-corrected chi connectivity index (χ4v) is 5.74. The van der Waals surface area contributed by atoms with E-state index in [1.807, 2.05) is 0 Å². The van der Waals surface area contributed by atoms with Crippen molar-refractivity contribution < 1.29 is 34.4 Å². The normalized spacial score (nSPS) is 25.7. The number of benzene rings is 1. The van der Waals surface area contributed by atoms with Gasteiger partial charge in [-0.2, -0.15) is 0 Å². The van der Waals surface area contributed by atoms with Crippen LogP contribution in [0.15, 0.2) is 23.8 Å². The fourth-order valence-electron chi connectivity index (χ4n) is 5.74. The van der Waals surface area contributed by atoms with Crippen LogP contribution in [0.2, 0.25) is 0 Å². The van der Waals surface area contributed by atoms with Crippen LogP contribution in [0.1, 0.15) is 62.5 Å². The molecule has 2 aliphatic carbocycles. The molecule has 1 aromatic rings. The van der Waals surface area contributed by atoms with E-state index in [-0.39, 0.29) is 37.6 Å². The zero-order valence-electron chi connectivity index (χ0n) is 20.4. The fraction of sp³-hybridized carbons (Fsp3) is 0.615. The van der Waals surface area contributed by atoms with Crippen molar-refractivity contribution in [1.82, 2.24) is 10.2 Å². The molecule has 2 amide bonds. The van der Waals surface area contributed by atoms with Crippen molar-refractivity contribution >= 4 is 11.8 Å². The highest BCUT2D eigenvalue weighted by Gasteiger charge is 2.52. The maximum Gasteiger partial charge on any atom is 0.247 e. The van der Waals surface area contributed by atoms with Crippen LogP contribution in [0.4, 0.5) is 0 Å². The first kappa shape index (κ1) is 25.5. The minimum Gasteiger partial charge on any atom is -0.493 e. The van der Waals surface area contributed by atoms with E-state index in [9.17, 15) is 24.9 Å². The molecule has 4 N–H and O–H groups in total. The molecule has 0 spiro atoms. The molecule has 0 saturated heterocycles. The molecule has 4 rings (SSSR count). The summed E-state index contributed by atoms with van der Waals surface area (Å²) in [5.41, 5.74) is 1.62. The molecule has 0 bridgehead atoms. The molecule has 1 fully saturated rings. The third kappa shape index (κ3) is 4.77. The average Bonchev–Trinajstić information content (AvgIpc) is 3.28. The number of hydrogen-bond donors (Lipinski definition) is 4. The van der Waals surface area contributed by atoms with Crippen LogP contribution >= 0.6 is 0 Å². The third-order valence-electron chi connectivity index (χ3n) is 7.37. The smallest absolute Gasteiger partial charge is 0.247 e. The summed E-state index contributed by atoms with van der Waals surface area (Å²) in [5, 5.41) is 33.3. The van der Waals surface area contributed by atoms with E-state index in [0.717, 1.165) is 32.1 Å². The highest BCUT2D eigenvalue weighted by atomic mass is 16.5. The molecule has 1 heterocycles. The van der Waals surface area contributed by atoms with Crippen LogP contribution in [0.5, 0.6) is 11.5 Å². The molecule has 1 saturated carbocycles. The standard InChI is InChI=1S/C26H36N2O7/c1-3-21(31)28(16-7-5-4-6-8-16)19-13-18(26(33)27-9-10-29)22-17-11-15(14-30)12-20(34-2)24(17)35-25(22)23(19)32/h11-13,16,19,22-23,25,29-30,32H,3-10,14H2,1-2H3,(H,27,33).